The molecule has 0 bridgehead atoms. The van der Waals surface area contributed by atoms with Crippen molar-refractivity contribution in [3.8, 4) is 0 Å². The first kappa shape index (κ1) is 24.0. The maximum absolute atomic E-state index is 11.8. The number of hydrogen-bond donors (Lipinski definition) is 1. The van der Waals surface area contributed by atoms with Crippen molar-refractivity contribution in [1.29, 1.82) is 0 Å². The third-order valence-corrected chi connectivity index (χ3v) is 4.67. The Morgan fingerprint density at radius 2 is 1.69 bits per heavy atom. The van der Waals surface area contributed by atoms with Crippen molar-refractivity contribution in [2.45, 2.75) is 24.9 Å². The van der Waals surface area contributed by atoms with Crippen molar-refractivity contribution in [1.82, 2.24) is 10.2 Å². The van der Waals surface area contributed by atoms with Crippen LogP contribution in [0.3, 0.4) is 0 Å². The van der Waals surface area contributed by atoms with Gasteiger partial charge in [0.25, 0.3) is 0 Å². The summed E-state index contributed by atoms with van der Waals surface area (Å²) >= 11 is 0. The smallest absolute Gasteiger partial charge is 0.377 e. The zero-order valence-corrected chi connectivity index (χ0v) is 16.8. The lowest BCUT2D eigenvalue weighted by Gasteiger charge is -2.24. The van der Waals surface area contributed by atoms with Gasteiger partial charge < -0.3 is 19.5 Å². The van der Waals surface area contributed by atoms with Crippen molar-refractivity contribution in [3.05, 3.63) is 35.9 Å². The molecule has 0 amide bonds. The monoisotopic (exact) mass is 420 g/mol. The molecule has 6 nitrogen and oxygen atoms in total. The molecule has 1 fully saturated rings. The van der Waals surface area contributed by atoms with E-state index in [2.05, 4.69) is 39.2 Å². The predicted octanol–water partition coefficient (Wildman–Crippen LogP) is 2.61. The van der Waals surface area contributed by atoms with Gasteiger partial charge in [-0.05, 0) is 19.0 Å². The molecule has 1 aliphatic heterocycles. The van der Waals surface area contributed by atoms with Crippen LogP contribution < -0.4 is 5.32 Å². The number of nitrogens with one attached hydrogen (secondary N) is 1. The van der Waals surface area contributed by atoms with Gasteiger partial charge in [0.05, 0.1) is 45.7 Å². The van der Waals surface area contributed by atoms with Crippen LogP contribution >= 0.6 is 0 Å². The second-order valence-electron chi connectivity index (χ2n) is 6.81. The minimum atomic E-state index is -4.61. The highest BCUT2D eigenvalue weighted by atomic mass is 19.4. The molecule has 0 radical (unpaired) electrons. The van der Waals surface area contributed by atoms with Crippen LogP contribution in [0.25, 0.3) is 0 Å². The molecular formula is C20H31F3N2O4. The van der Waals surface area contributed by atoms with Crippen LogP contribution in [0.15, 0.2) is 30.3 Å². The summed E-state index contributed by atoms with van der Waals surface area (Å²) in [5.41, 5.74) is 1.28. The molecule has 9 heteroatoms. The van der Waals surface area contributed by atoms with E-state index in [0.29, 0.717) is 25.9 Å². The fourth-order valence-electron chi connectivity index (χ4n) is 3.22. The topological polar surface area (TPSA) is 52.2 Å². The van der Waals surface area contributed by atoms with Crippen LogP contribution in [0.4, 0.5) is 13.2 Å². The van der Waals surface area contributed by atoms with Crippen LogP contribution in [-0.4, -0.2) is 83.7 Å². The summed E-state index contributed by atoms with van der Waals surface area (Å²) in [6.45, 7) is 3.67. The highest BCUT2D eigenvalue weighted by molar-refractivity contribution is 5.19. The molecule has 2 rings (SSSR count). The summed E-state index contributed by atoms with van der Waals surface area (Å²) in [4.78, 5) is 2.40. The largest absolute Gasteiger partial charge is 0.522 e. The molecule has 1 unspecified atom stereocenters. The predicted molar refractivity (Wildman–Crippen MR) is 103 cm³/mol. The molecule has 0 aromatic heterocycles. The summed E-state index contributed by atoms with van der Waals surface area (Å²) in [6, 6.07) is 10.7. The van der Waals surface area contributed by atoms with E-state index in [4.69, 9.17) is 14.2 Å². The lowest BCUT2D eigenvalue weighted by Crippen LogP contribution is -2.33. The number of alkyl halides is 3. The van der Waals surface area contributed by atoms with Gasteiger partial charge in [-0.15, -0.1) is 13.2 Å². The Balaban J connectivity index is 1.47. The Labute approximate surface area is 170 Å². The van der Waals surface area contributed by atoms with Crippen molar-refractivity contribution < 1.29 is 32.1 Å². The zero-order valence-electron chi connectivity index (χ0n) is 16.8. The maximum atomic E-state index is 11.8. The molecule has 166 valence electrons. The molecule has 1 aliphatic rings. The Hall–Kier alpha value is -1.23. The molecule has 29 heavy (non-hydrogen) atoms. The SMILES string of the molecule is CNC(CN1CC[C@H](OCCOCCOCCOC(F)(F)F)C1)c1ccccc1. The lowest BCUT2D eigenvalue weighted by atomic mass is 10.1. The van der Waals surface area contributed by atoms with Crippen LogP contribution in [0.1, 0.15) is 18.0 Å². The minimum Gasteiger partial charge on any atom is -0.377 e. The Morgan fingerprint density at radius 3 is 2.34 bits per heavy atom. The average molecular weight is 420 g/mol. The van der Waals surface area contributed by atoms with Gasteiger partial charge in [-0.3, -0.25) is 9.64 Å². The van der Waals surface area contributed by atoms with E-state index in [1.54, 1.807) is 0 Å². The Bertz CT molecular complexity index is 548. The summed E-state index contributed by atoms with van der Waals surface area (Å²) < 4.78 is 55.1. The van der Waals surface area contributed by atoms with Crippen molar-refractivity contribution in [2.24, 2.45) is 0 Å². The summed E-state index contributed by atoms with van der Waals surface area (Å²) in [7, 11) is 1.98. The zero-order chi connectivity index (χ0) is 21.0. The van der Waals surface area contributed by atoms with E-state index in [-0.39, 0.29) is 19.3 Å². The number of halogens is 3. The molecule has 1 aromatic rings. The summed E-state index contributed by atoms with van der Waals surface area (Å²) in [5, 5.41) is 3.37. The third kappa shape index (κ3) is 10.4. The van der Waals surface area contributed by atoms with E-state index in [9.17, 15) is 13.2 Å². The first-order chi connectivity index (χ1) is 14.0. The highest BCUT2D eigenvalue weighted by Gasteiger charge is 2.28. The van der Waals surface area contributed by atoms with E-state index in [1.807, 2.05) is 13.1 Å². The van der Waals surface area contributed by atoms with E-state index in [1.165, 1.54) is 5.56 Å². The van der Waals surface area contributed by atoms with Crippen molar-refractivity contribution in [3.63, 3.8) is 0 Å². The molecule has 1 aromatic carbocycles. The molecule has 0 spiro atoms. The van der Waals surface area contributed by atoms with Gasteiger partial charge in [0.15, 0.2) is 0 Å². The molecule has 2 atom stereocenters. The lowest BCUT2D eigenvalue weighted by molar-refractivity contribution is -0.327. The number of benzene rings is 1. The number of rotatable bonds is 14. The molecule has 0 aliphatic carbocycles. The van der Waals surface area contributed by atoms with Gasteiger partial charge in [0.1, 0.15) is 0 Å². The van der Waals surface area contributed by atoms with Gasteiger partial charge in [0.2, 0.25) is 0 Å². The van der Waals surface area contributed by atoms with Crippen LogP contribution in [0, 0.1) is 0 Å². The van der Waals surface area contributed by atoms with Crippen molar-refractivity contribution >= 4 is 0 Å². The minimum absolute atomic E-state index is 0.117. The fourth-order valence-corrected chi connectivity index (χ4v) is 3.22. The molecule has 1 heterocycles. The van der Waals surface area contributed by atoms with Gasteiger partial charge in [0, 0.05) is 25.7 Å². The molecular weight excluding hydrogens is 389 g/mol. The van der Waals surface area contributed by atoms with Gasteiger partial charge >= 0.3 is 6.36 Å². The quantitative estimate of drug-likeness (QED) is 0.467. The fraction of sp³-hybridized carbons (Fsp3) is 0.700. The second kappa shape index (κ2) is 13.1. The van der Waals surface area contributed by atoms with E-state index < -0.39 is 13.0 Å². The van der Waals surface area contributed by atoms with Crippen molar-refractivity contribution in [2.75, 3.05) is 66.3 Å². The van der Waals surface area contributed by atoms with Crippen LogP contribution in [-0.2, 0) is 18.9 Å². The van der Waals surface area contributed by atoms with Gasteiger partial charge in [-0.25, -0.2) is 0 Å². The second-order valence-corrected chi connectivity index (χ2v) is 6.81. The number of likely N-dealkylation sites (tertiary alicyclic amines) is 1. The van der Waals surface area contributed by atoms with E-state index >= 15 is 0 Å². The first-order valence-corrected chi connectivity index (χ1v) is 9.90. The number of hydrogen-bond acceptors (Lipinski definition) is 6. The van der Waals surface area contributed by atoms with Gasteiger partial charge in [-0.1, -0.05) is 30.3 Å². The summed E-state index contributed by atoms with van der Waals surface area (Å²) in [5.74, 6) is 0. The summed E-state index contributed by atoms with van der Waals surface area (Å²) in [6.07, 6.45) is -3.42. The Morgan fingerprint density at radius 1 is 1.03 bits per heavy atom. The third-order valence-electron chi connectivity index (χ3n) is 4.67. The average Bonchev–Trinajstić information content (AvgIpc) is 3.14. The number of nitrogens with zero attached hydrogens (tertiary/aromatic N) is 1. The number of ether oxygens (including phenoxy) is 4. The van der Waals surface area contributed by atoms with Crippen LogP contribution in [0.2, 0.25) is 0 Å². The van der Waals surface area contributed by atoms with Gasteiger partial charge in [-0.2, -0.15) is 0 Å². The standard InChI is InChI=1S/C20H31F3N2O4/c1-24-19(17-5-3-2-4-6-17)16-25-8-7-18(15-25)28-13-11-26-9-10-27-12-14-29-20(21,22)23/h2-6,18-19,24H,7-16H2,1H3/t18-,19?/m0/s1. The maximum Gasteiger partial charge on any atom is 0.522 e. The Kier molecular flexibility index (Phi) is 10.9. The normalized spacial score (nSPS) is 19.0. The highest BCUT2D eigenvalue weighted by Crippen LogP contribution is 2.19. The van der Waals surface area contributed by atoms with E-state index in [0.717, 1.165) is 26.1 Å². The number of likely N-dealkylation sites (N-methyl/N-ethyl adjacent to an activating group) is 1. The first-order valence-electron chi connectivity index (χ1n) is 9.90. The molecule has 1 N–H and O–H groups in total. The van der Waals surface area contributed by atoms with Crippen LogP contribution in [0.5, 0.6) is 0 Å². The molecule has 1 saturated heterocycles. The molecule has 0 saturated carbocycles.